The van der Waals surface area contributed by atoms with E-state index in [-0.39, 0.29) is 0 Å². The van der Waals surface area contributed by atoms with Crippen LogP contribution in [0.4, 0.5) is 4.79 Å². The van der Waals surface area contributed by atoms with Crippen LogP contribution in [-0.2, 0) is 19.7 Å². The largest absolute Gasteiger partial charge is 0.480 e. The highest BCUT2D eigenvalue weighted by atomic mass is 32.2. The molecule has 0 unspecified atom stereocenters. The minimum atomic E-state index is -4.19. The van der Waals surface area contributed by atoms with Gasteiger partial charge in [-0.25, -0.2) is 9.52 Å². The fourth-order valence-electron chi connectivity index (χ4n) is 0.464. The van der Waals surface area contributed by atoms with Crippen molar-refractivity contribution in [2.24, 2.45) is 0 Å². The highest BCUT2D eigenvalue weighted by molar-refractivity contribution is 7.88. The third-order valence-electron chi connectivity index (χ3n) is 1.11. The van der Waals surface area contributed by atoms with Crippen LogP contribution in [0, 0.1) is 0 Å². The number of ether oxygens (including phenoxy) is 1. The number of carboxylic acids is 1. The number of amides is 1. The van der Waals surface area contributed by atoms with E-state index in [0.29, 0.717) is 0 Å². The van der Waals surface area contributed by atoms with Gasteiger partial charge in [-0.2, -0.15) is 13.1 Å². The molecule has 0 fully saturated rings. The molecule has 0 aliphatic carbocycles. The third-order valence-corrected chi connectivity index (χ3v) is 2.20. The normalized spacial score (nSPS) is 13.0. The molecular formula is C5H10N2O6S. The van der Waals surface area contributed by atoms with Gasteiger partial charge in [0.15, 0.2) is 0 Å². The number of carboxylic acid groups (broad SMARTS) is 1. The maximum atomic E-state index is 10.9. The lowest BCUT2D eigenvalue weighted by Crippen LogP contribution is -2.46. The minimum Gasteiger partial charge on any atom is -0.480 e. The number of nitrogens with one attached hydrogen (secondary N) is 2. The van der Waals surface area contributed by atoms with Crippen molar-refractivity contribution in [3.05, 3.63) is 0 Å². The van der Waals surface area contributed by atoms with Gasteiger partial charge in [0.25, 0.3) is 0 Å². The SMILES string of the molecule is COC(=O)NS(=O)(=O)N[C@H](C)C(=O)O. The van der Waals surface area contributed by atoms with E-state index in [2.05, 4.69) is 4.74 Å². The second kappa shape index (κ2) is 4.77. The molecule has 82 valence electrons. The molecule has 0 spiro atoms. The molecule has 8 nitrogen and oxygen atoms in total. The van der Waals surface area contributed by atoms with Crippen molar-refractivity contribution < 1.29 is 27.9 Å². The number of methoxy groups -OCH3 is 1. The molecule has 3 N–H and O–H groups in total. The average Bonchev–Trinajstić information content (AvgIpc) is 2.02. The number of aliphatic carboxylic acids is 1. The monoisotopic (exact) mass is 226 g/mol. The van der Waals surface area contributed by atoms with E-state index in [1.54, 1.807) is 4.72 Å². The lowest BCUT2D eigenvalue weighted by Gasteiger charge is -2.09. The molecule has 14 heavy (non-hydrogen) atoms. The molecule has 1 amide bonds. The molecule has 0 aromatic carbocycles. The second-order valence-electron chi connectivity index (χ2n) is 2.27. The van der Waals surface area contributed by atoms with E-state index in [1.165, 1.54) is 4.72 Å². The van der Waals surface area contributed by atoms with Crippen molar-refractivity contribution in [3.63, 3.8) is 0 Å². The van der Waals surface area contributed by atoms with Crippen molar-refractivity contribution in [2.75, 3.05) is 7.11 Å². The summed E-state index contributed by atoms with van der Waals surface area (Å²) in [6.45, 7) is 1.11. The Bertz CT molecular complexity index is 323. The van der Waals surface area contributed by atoms with Crippen molar-refractivity contribution in [2.45, 2.75) is 13.0 Å². The molecule has 0 aliphatic heterocycles. The van der Waals surface area contributed by atoms with E-state index in [0.717, 1.165) is 14.0 Å². The first-order chi connectivity index (χ1) is 6.28. The Kier molecular flexibility index (Phi) is 4.31. The number of hydrogen-bond acceptors (Lipinski definition) is 5. The predicted octanol–water partition coefficient (Wildman–Crippen LogP) is -1.35. The molecular weight excluding hydrogens is 216 g/mol. The van der Waals surface area contributed by atoms with E-state index in [4.69, 9.17) is 5.11 Å². The molecule has 0 radical (unpaired) electrons. The minimum absolute atomic E-state index is 0.978. The van der Waals surface area contributed by atoms with Crippen LogP contribution in [-0.4, -0.2) is 38.7 Å². The van der Waals surface area contributed by atoms with Crippen molar-refractivity contribution >= 4 is 22.3 Å². The molecule has 0 heterocycles. The standard InChI is InChI=1S/C5H10N2O6S/c1-3(4(8)9)6-14(11,12)7-5(10)13-2/h3,6H,1-2H3,(H,7,10)(H,8,9)/t3-/m1/s1. The number of carbonyl (C=O) groups is 2. The Morgan fingerprint density at radius 2 is 1.93 bits per heavy atom. The summed E-state index contributed by atoms with van der Waals surface area (Å²) in [4.78, 5) is 20.7. The molecule has 0 saturated heterocycles. The number of carbonyl (C=O) groups excluding carboxylic acids is 1. The summed E-state index contributed by atoms with van der Waals surface area (Å²) >= 11 is 0. The second-order valence-corrected chi connectivity index (χ2v) is 3.72. The maximum absolute atomic E-state index is 10.9. The van der Waals surface area contributed by atoms with E-state index in [1.807, 2.05) is 0 Å². The van der Waals surface area contributed by atoms with Crippen molar-refractivity contribution in [3.8, 4) is 0 Å². The van der Waals surface area contributed by atoms with Gasteiger partial charge < -0.3 is 9.84 Å². The van der Waals surface area contributed by atoms with Crippen LogP contribution in [0.2, 0.25) is 0 Å². The zero-order valence-electron chi connectivity index (χ0n) is 7.47. The molecule has 0 bridgehead atoms. The molecule has 9 heteroatoms. The average molecular weight is 226 g/mol. The van der Waals surface area contributed by atoms with Gasteiger partial charge in [-0.1, -0.05) is 0 Å². The lowest BCUT2D eigenvalue weighted by atomic mass is 10.4. The van der Waals surface area contributed by atoms with Crippen LogP contribution in [0.15, 0.2) is 0 Å². The number of rotatable bonds is 4. The molecule has 0 aromatic heterocycles. The van der Waals surface area contributed by atoms with E-state index < -0.39 is 28.3 Å². The van der Waals surface area contributed by atoms with Crippen LogP contribution in [0.25, 0.3) is 0 Å². The summed E-state index contributed by atoms with van der Waals surface area (Å²) in [5.41, 5.74) is 0. The van der Waals surface area contributed by atoms with Gasteiger partial charge in [0.2, 0.25) is 0 Å². The first-order valence-electron chi connectivity index (χ1n) is 3.39. The zero-order valence-corrected chi connectivity index (χ0v) is 8.29. The van der Waals surface area contributed by atoms with Crippen LogP contribution in [0.1, 0.15) is 6.92 Å². The number of hydrogen-bond donors (Lipinski definition) is 3. The Hall–Kier alpha value is -1.35. The van der Waals surface area contributed by atoms with Crippen molar-refractivity contribution in [1.29, 1.82) is 0 Å². The smallest absolute Gasteiger partial charge is 0.421 e. The molecule has 0 aliphatic rings. The Morgan fingerprint density at radius 3 is 2.29 bits per heavy atom. The first-order valence-corrected chi connectivity index (χ1v) is 4.87. The van der Waals surface area contributed by atoms with Crippen LogP contribution < -0.4 is 9.44 Å². The summed E-state index contributed by atoms with van der Waals surface area (Å²) in [6, 6.07) is -1.34. The van der Waals surface area contributed by atoms with Gasteiger partial charge >= 0.3 is 22.3 Å². The summed E-state index contributed by atoms with van der Waals surface area (Å²) in [5.74, 6) is -1.36. The molecule has 1 atom stereocenters. The topological polar surface area (TPSA) is 122 Å². The van der Waals surface area contributed by atoms with Crippen LogP contribution in [0.5, 0.6) is 0 Å². The van der Waals surface area contributed by atoms with Gasteiger partial charge in [0.1, 0.15) is 6.04 Å². The van der Waals surface area contributed by atoms with Gasteiger partial charge in [0, 0.05) is 0 Å². The molecule has 0 saturated carbocycles. The Labute approximate surface area is 80.4 Å². The summed E-state index contributed by atoms with van der Waals surface area (Å²) in [5, 5.41) is 8.37. The fourth-order valence-corrected chi connectivity index (χ4v) is 1.39. The Morgan fingerprint density at radius 1 is 1.43 bits per heavy atom. The van der Waals surface area contributed by atoms with E-state index in [9.17, 15) is 18.0 Å². The maximum Gasteiger partial charge on any atom is 0.421 e. The predicted molar refractivity (Wildman–Crippen MR) is 44.7 cm³/mol. The molecule has 0 rings (SSSR count). The quantitative estimate of drug-likeness (QED) is 0.544. The zero-order chi connectivity index (χ0) is 11.4. The first kappa shape index (κ1) is 12.7. The van der Waals surface area contributed by atoms with Crippen LogP contribution >= 0.6 is 0 Å². The summed E-state index contributed by atoms with van der Waals surface area (Å²) < 4.78 is 29.0. The fraction of sp³-hybridized carbons (Fsp3) is 0.600. The summed E-state index contributed by atoms with van der Waals surface area (Å²) in [7, 11) is -3.21. The van der Waals surface area contributed by atoms with Crippen molar-refractivity contribution in [1.82, 2.24) is 9.44 Å². The highest BCUT2D eigenvalue weighted by Gasteiger charge is 2.21. The van der Waals surface area contributed by atoms with Gasteiger partial charge in [-0.05, 0) is 6.92 Å². The third kappa shape index (κ3) is 4.62. The Balaban J connectivity index is 4.36. The van der Waals surface area contributed by atoms with Gasteiger partial charge in [-0.15, -0.1) is 0 Å². The van der Waals surface area contributed by atoms with Crippen LogP contribution in [0.3, 0.4) is 0 Å². The highest BCUT2D eigenvalue weighted by Crippen LogP contribution is 1.86. The van der Waals surface area contributed by atoms with Gasteiger partial charge in [0.05, 0.1) is 7.11 Å². The summed E-state index contributed by atoms with van der Waals surface area (Å²) in [6.07, 6.45) is -1.20. The lowest BCUT2D eigenvalue weighted by molar-refractivity contribution is -0.138. The van der Waals surface area contributed by atoms with E-state index >= 15 is 0 Å². The van der Waals surface area contributed by atoms with Gasteiger partial charge in [-0.3, -0.25) is 4.79 Å². The molecule has 0 aromatic rings.